The van der Waals surface area contributed by atoms with E-state index in [9.17, 15) is 9.90 Å². The summed E-state index contributed by atoms with van der Waals surface area (Å²) in [6, 6.07) is 17.6. The molecule has 8 heteroatoms. The van der Waals surface area contributed by atoms with Crippen molar-refractivity contribution in [2.24, 2.45) is 5.92 Å². The number of aryl methyl sites for hydroxylation is 1. The molecule has 1 aliphatic heterocycles. The first-order valence-corrected chi connectivity index (χ1v) is 11.9. The highest BCUT2D eigenvalue weighted by molar-refractivity contribution is 8.00. The zero-order valence-electron chi connectivity index (χ0n) is 17.8. The number of aromatic nitrogens is 2. The van der Waals surface area contributed by atoms with Crippen molar-refractivity contribution < 1.29 is 9.90 Å². The van der Waals surface area contributed by atoms with Crippen LogP contribution >= 0.6 is 23.5 Å². The maximum Gasteiger partial charge on any atom is 0.308 e. The van der Waals surface area contributed by atoms with E-state index < -0.39 is 5.97 Å². The average molecular weight is 469 g/mol. The number of rotatable bonds is 7. The Morgan fingerprint density at radius 3 is 2.84 bits per heavy atom. The van der Waals surface area contributed by atoms with Gasteiger partial charge in [-0.15, -0.1) is 0 Å². The molecule has 1 aromatic carbocycles. The third-order valence-electron chi connectivity index (χ3n) is 5.56. The fourth-order valence-corrected chi connectivity index (χ4v) is 4.69. The number of benzene rings is 1. The third-order valence-corrected chi connectivity index (χ3v) is 6.62. The first-order valence-electron chi connectivity index (χ1n) is 10.7. The van der Waals surface area contributed by atoms with Crippen LogP contribution in [0.2, 0.25) is 5.02 Å². The Bertz CT molecular complexity index is 1110. The molecule has 2 aromatic heterocycles. The topological polar surface area (TPSA) is 78.4 Å². The summed E-state index contributed by atoms with van der Waals surface area (Å²) < 4.78 is 3.26. The number of carbonyl (C=O) groups is 1. The number of pyridine rings is 2. The minimum atomic E-state index is -0.740. The second kappa shape index (κ2) is 10.2. The van der Waals surface area contributed by atoms with Crippen LogP contribution < -0.4 is 9.62 Å². The molecule has 0 spiro atoms. The molecule has 166 valence electrons. The van der Waals surface area contributed by atoms with Gasteiger partial charge in [-0.25, -0.2) is 9.97 Å². The highest BCUT2D eigenvalue weighted by atomic mass is 35.5. The van der Waals surface area contributed by atoms with Crippen LogP contribution in [0.3, 0.4) is 0 Å². The van der Waals surface area contributed by atoms with Crippen molar-refractivity contribution in [2.45, 2.75) is 31.2 Å². The molecule has 32 heavy (non-hydrogen) atoms. The lowest BCUT2D eigenvalue weighted by atomic mass is 9.98. The average Bonchev–Trinajstić information content (AvgIpc) is 2.84. The highest BCUT2D eigenvalue weighted by Gasteiger charge is 2.26. The number of hydrogen-bond donors (Lipinski definition) is 2. The fourth-order valence-electron chi connectivity index (χ4n) is 3.88. The van der Waals surface area contributed by atoms with Crippen LogP contribution in [-0.2, 0) is 11.2 Å². The first-order chi connectivity index (χ1) is 15.5. The smallest absolute Gasteiger partial charge is 0.308 e. The van der Waals surface area contributed by atoms with Gasteiger partial charge in [0, 0.05) is 30.6 Å². The van der Waals surface area contributed by atoms with E-state index in [2.05, 4.69) is 17.7 Å². The molecule has 4 rings (SSSR count). The molecule has 1 saturated heterocycles. The summed E-state index contributed by atoms with van der Waals surface area (Å²) in [4.78, 5) is 22.9. The lowest BCUT2D eigenvalue weighted by Gasteiger charge is -2.31. The lowest BCUT2D eigenvalue weighted by Crippen LogP contribution is -2.39. The third kappa shape index (κ3) is 5.16. The van der Waals surface area contributed by atoms with Crippen molar-refractivity contribution in [3.05, 3.63) is 65.2 Å². The summed E-state index contributed by atoms with van der Waals surface area (Å²) in [5, 5.41) is 10.7. The molecular formula is C24H25ClN4O2S. The number of anilines is 2. The summed E-state index contributed by atoms with van der Waals surface area (Å²) in [6.07, 6.45) is 2.47. The van der Waals surface area contributed by atoms with Gasteiger partial charge in [0.05, 0.1) is 16.6 Å². The Labute approximate surface area is 197 Å². The number of aliphatic carboxylic acids is 1. The summed E-state index contributed by atoms with van der Waals surface area (Å²) >= 11 is 7.83. The molecule has 3 aromatic rings. The molecular weight excluding hydrogens is 444 g/mol. The van der Waals surface area contributed by atoms with Gasteiger partial charge in [0.1, 0.15) is 16.7 Å². The van der Waals surface area contributed by atoms with E-state index in [1.54, 1.807) is 0 Å². The molecule has 1 unspecified atom stereocenters. The Morgan fingerprint density at radius 2 is 2.03 bits per heavy atom. The van der Waals surface area contributed by atoms with Crippen LogP contribution in [0.5, 0.6) is 0 Å². The van der Waals surface area contributed by atoms with Gasteiger partial charge in [-0.3, -0.25) is 4.79 Å². The zero-order valence-corrected chi connectivity index (χ0v) is 19.4. The van der Waals surface area contributed by atoms with E-state index in [1.165, 1.54) is 17.5 Å². The van der Waals surface area contributed by atoms with Crippen LogP contribution in [0, 0.1) is 5.92 Å². The number of nitrogens with one attached hydrogen (secondary N) is 1. The van der Waals surface area contributed by atoms with Crippen molar-refractivity contribution in [1.29, 1.82) is 0 Å². The predicted octanol–water partition coefficient (Wildman–Crippen LogP) is 5.78. The largest absolute Gasteiger partial charge is 0.481 e. The fraction of sp³-hybridized carbons (Fsp3) is 0.292. The molecule has 0 radical (unpaired) electrons. The van der Waals surface area contributed by atoms with E-state index in [0.717, 1.165) is 41.5 Å². The standard InChI is InChI=1S/C24H25ClN4O2S/c1-2-16-7-3-4-9-18(16)23-19(25)12-13-20(26-23)28-32-22-11-5-10-21(27-22)29-14-6-8-17(15-29)24(30)31/h3-5,7,9-13,17H,2,6,8,14-15H2,1H3,(H,26,28)(H,30,31). The van der Waals surface area contributed by atoms with Gasteiger partial charge in [-0.2, -0.15) is 0 Å². The number of carboxylic acids is 1. The molecule has 0 amide bonds. The van der Waals surface area contributed by atoms with Gasteiger partial charge < -0.3 is 14.7 Å². The minimum Gasteiger partial charge on any atom is -0.481 e. The Morgan fingerprint density at radius 1 is 1.19 bits per heavy atom. The van der Waals surface area contributed by atoms with Crippen LogP contribution in [0.15, 0.2) is 59.6 Å². The minimum absolute atomic E-state index is 0.345. The van der Waals surface area contributed by atoms with Gasteiger partial charge >= 0.3 is 5.97 Å². The van der Waals surface area contributed by atoms with Crippen LogP contribution in [-0.4, -0.2) is 34.1 Å². The Balaban J connectivity index is 1.49. The van der Waals surface area contributed by atoms with Crippen molar-refractivity contribution in [1.82, 2.24) is 9.97 Å². The van der Waals surface area contributed by atoms with E-state index in [-0.39, 0.29) is 5.92 Å². The summed E-state index contributed by atoms with van der Waals surface area (Å²) in [6.45, 7) is 3.42. The van der Waals surface area contributed by atoms with Crippen molar-refractivity contribution in [3.63, 3.8) is 0 Å². The van der Waals surface area contributed by atoms with Crippen LogP contribution in [0.1, 0.15) is 25.3 Å². The lowest BCUT2D eigenvalue weighted by molar-refractivity contribution is -0.141. The molecule has 2 N–H and O–H groups in total. The molecule has 1 fully saturated rings. The number of nitrogens with zero attached hydrogens (tertiary/aromatic N) is 3. The summed E-state index contributed by atoms with van der Waals surface area (Å²) in [5.41, 5.74) is 2.98. The highest BCUT2D eigenvalue weighted by Crippen LogP contribution is 2.32. The molecule has 0 saturated carbocycles. The van der Waals surface area contributed by atoms with Gasteiger partial charge in [0.25, 0.3) is 0 Å². The van der Waals surface area contributed by atoms with Gasteiger partial charge in [0.15, 0.2) is 0 Å². The van der Waals surface area contributed by atoms with Gasteiger partial charge in [0.2, 0.25) is 0 Å². The van der Waals surface area contributed by atoms with Crippen molar-refractivity contribution >= 4 is 41.2 Å². The zero-order chi connectivity index (χ0) is 22.5. The Kier molecular flexibility index (Phi) is 7.17. The number of carboxylic acid groups (broad SMARTS) is 1. The second-order valence-electron chi connectivity index (χ2n) is 7.70. The van der Waals surface area contributed by atoms with Crippen LogP contribution in [0.25, 0.3) is 11.3 Å². The van der Waals surface area contributed by atoms with Gasteiger partial charge in [-0.05, 0) is 49.1 Å². The van der Waals surface area contributed by atoms with Crippen molar-refractivity contribution in [2.75, 3.05) is 22.7 Å². The molecule has 6 nitrogen and oxygen atoms in total. The van der Waals surface area contributed by atoms with Crippen molar-refractivity contribution in [3.8, 4) is 11.3 Å². The molecule has 3 heterocycles. The quantitative estimate of drug-likeness (QED) is 0.425. The number of halogens is 1. The normalized spacial score (nSPS) is 16.1. The second-order valence-corrected chi connectivity index (χ2v) is 8.93. The van der Waals surface area contributed by atoms with E-state index in [0.29, 0.717) is 23.8 Å². The van der Waals surface area contributed by atoms with Crippen LogP contribution in [0.4, 0.5) is 11.6 Å². The maximum absolute atomic E-state index is 11.4. The summed E-state index contributed by atoms with van der Waals surface area (Å²) in [7, 11) is 0. The monoisotopic (exact) mass is 468 g/mol. The van der Waals surface area contributed by atoms with E-state index in [4.69, 9.17) is 21.6 Å². The predicted molar refractivity (Wildman–Crippen MR) is 130 cm³/mol. The van der Waals surface area contributed by atoms with E-state index in [1.807, 2.05) is 53.4 Å². The SMILES string of the molecule is CCc1ccccc1-c1nc(NSc2cccc(N3CCCC(C(=O)O)C3)n2)ccc1Cl. The first kappa shape index (κ1) is 22.4. The number of piperidine rings is 1. The Hall–Kier alpha value is -2.77. The molecule has 1 aliphatic rings. The maximum atomic E-state index is 11.4. The molecule has 1 atom stereocenters. The van der Waals surface area contributed by atoms with Gasteiger partial charge in [-0.1, -0.05) is 48.9 Å². The number of hydrogen-bond acceptors (Lipinski definition) is 6. The summed E-state index contributed by atoms with van der Waals surface area (Å²) in [5.74, 6) is 0.402. The molecule has 0 aliphatic carbocycles. The van der Waals surface area contributed by atoms with E-state index >= 15 is 0 Å². The molecule has 0 bridgehead atoms.